The second kappa shape index (κ2) is 8.50. The van der Waals surface area contributed by atoms with Gasteiger partial charge in [0.25, 0.3) is 0 Å². The number of anilines is 1. The van der Waals surface area contributed by atoms with E-state index in [2.05, 4.69) is 29.4 Å². The number of nitrogens with two attached hydrogens (primary N) is 1. The van der Waals surface area contributed by atoms with Crippen LogP contribution in [-0.4, -0.2) is 26.0 Å². The average Bonchev–Trinajstić information content (AvgIpc) is 2.62. The molecule has 1 atom stereocenters. The molecule has 4 nitrogen and oxygen atoms in total. The summed E-state index contributed by atoms with van der Waals surface area (Å²) in [5.74, 6) is -0.134. The first kappa shape index (κ1) is 18.0. The third kappa shape index (κ3) is 4.83. The van der Waals surface area contributed by atoms with Crippen LogP contribution in [0, 0.1) is 0 Å². The molecule has 0 heterocycles. The Balaban J connectivity index is 1.71. The molecular formula is C20H27N3O. The normalized spacial score (nSPS) is 13.1. The lowest BCUT2D eigenvalue weighted by atomic mass is 9.92. The van der Waals surface area contributed by atoms with Crippen LogP contribution in [0.2, 0.25) is 0 Å². The Kier molecular flexibility index (Phi) is 6.38. The van der Waals surface area contributed by atoms with Crippen LogP contribution in [0.25, 0.3) is 0 Å². The molecule has 2 aromatic rings. The Morgan fingerprint density at radius 2 is 1.62 bits per heavy atom. The number of benzene rings is 2. The lowest BCUT2D eigenvalue weighted by Gasteiger charge is -2.24. The monoisotopic (exact) mass is 325 g/mol. The van der Waals surface area contributed by atoms with Crippen molar-refractivity contribution in [2.45, 2.75) is 25.3 Å². The molecule has 0 spiro atoms. The van der Waals surface area contributed by atoms with Gasteiger partial charge in [-0.2, -0.15) is 0 Å². The maximum atomic E-state index is 12.3. The molecule has 3 N–H and O–H groups in total. The van der Waals surface area contributed by atoms with Gasteiger partial charge in [-0.15, -0.1) is 0 Å². The summed E-state index contributed by atoms with van der Waals surface area (Å²) in [5, 5.41) is 2.95. The van der Waals surface area contributed by atoms with Gasteiger partial charge in [-0.25, -0.2) is 0 Å². The van der Waals surface area contributed by atoms with Crippen LogP contribution in [0.1, 0.15) is 25.3 Å². The number of para-hydroxylation sites is 1. The van der Waals surface area contributed by atoms with Crippen molar-refractivity contribution in [3.8, 4) is 0 Å². The van der Waals surface area contributed by atoms with Gasteiger partial charge in [0.05, 0.1) is 0 Å². The fraction of sp³-hybridized carbons (Fsp3) is 0.350. The van der Waals surface area contributed by atoms with Gasteiger partial charge in [-0.3, -0.25) is 4.79 Å². The number of carbonyl (C=O) groups excluding carboxylic acids is 1. The smallest absolute Gasteiger partial charge is 0.244 e. The molecule has 0 aliphatic carbocycles. The van der Waals surface area contributed by atoms with E-state index < -0.39 is 5.54 Å². The molecule has 2 rings (SSSR count). The summed E-state index contributed by atoms with van der Waals surface area (Å²) in [5.41, 5.74) is 7.24. The Morgan fingerprint density at radius 1 is 1.04 bits per heavy atom. The lowest BCUT2D eigenvalue weighted by Crippen LogP contribution is -2.49. The molecule has 0 aliphatic heterocycles. The van der Waals surface area contributed by atoms with Gasteiger partial charge in [0.15, 0.2) is 0 Å². The summed E-state index contributed by atoms with van der Waals surface area (Å²) < 4.78 is 0. The molecule has 2 aromatic carbocycles. The molecular weight excluding hydrogens is 298 g/mol. The zero-order valence-electron chi connectivity index (χ0n) is 14.5. The standard InChI is InChI=1S/C20H27N3O/c1-20(21,17-11-5-3-6-12-17)19(24)22-15-9-10-16-23(2)18-13-7-4-8-14-18/h3-8,11-14H,9-10,15-16,21H2,1-2H3,(H,22,24). The van der Waals surface area contributed by atoms with Crippen molar-refractivity contribution in [3.63, 3.8) is 0 Å². The van der Waals surface area contributed by atoms with Crippen molar-refractivity contribution in [1.82, 2.24) is 5.32 Å². The molecule has 4 heteroatoms. The molecule has 0 radical (unpaired) electrons. The van der Waals surface area contributed by atoms with E-state index in [0.29, 0.717) is 6.54 Å². The number of nitrogens with one attached hydrogen (secondary N) is 1. The van der Waals surface area contributed by atoms with Gasteiger partial charge in [-0.05, 0) is 37.5 Å². The Morgan fingerprint density at radius 3 is 2.25 bits per heavy atom. The molecule has 0 aromatic heterocycles. The van der Waals surface area contributed by atoms with Crippen LogP contribution < -0.4 is 16.0 Å². The van der Waals surface area contributed by atoms with Gasteiger partial charge in [0, 0.05) is 25.8 Å². The van der Waals surface area contributed by atoms with Gasteiger partial charge >= 0.3 is 0 Å². The highest BCUT2D eigenvalue weighted by Crippen LogP contribution is 2.17. The Labute approximate surface area is 144 Å². The van der Waals surface area contributed by atoms with E-state index in [4.69, 9.17) is 5.73 Å². The fourth-order valence-electron chi connectivity index (χ4n) is 2.59. The first-order valence-electron chi connectivity index (χ1n) is 8.40. The number of carbonyl (C=O) groups is 1. The van der Waals surface area contributed by atoms with Gasteiger partial charge in [-0.1, -0.05) is 48.5 Å². The van der Waals surface area contributed by atoms with Crippen molar-refractivity contribution < 1.29 is 4.79 Å². The average molecular weight is 325 g/mol. The van der Waals surface area contributed by atoms with Crippen LogP contribution in [0.4, 0.5) is 5.69 Å². The van der Waals surface area contributed by atoms with Crippen molar-refractivity contribution in [3.05, 3.63) is 66.2 Å². The molecule has 128 valence electrons. The van der Waals surface area contributed by atoms with Gasteiger partial charge in [0.2, 0.25) is 5.91 Å². The molecule has 0 saturated carbocycles. The van der Waals surface area contributed by atoms with Crippen LogP contribution in [-0.2, 0) is 10.3 Å². The van der Waals surface area contributed by atoms with Crippen LogP contribution in [0.15, 0.2) is 60.7 Å². The summed E-state index contributed by atoms with van der Waals surface area (Å²) in [6.07, 6.45) is 1.94. The van der Waals surface area contributed by atoms with E-state index in [9.17, 15) is 4.79 Å². The lowest BCUT2D eigenvalue weighted by molar-refractivity contribution is -0.126. The highest BCUT2D eigenvalue weighted by molar-refractivity contribution is 5.86. The van der Waals surface area contributed by atoms with Crippen LogP contribution >= 0.6 is 0 Å². The Hall–Kier alpha value is -2.33. The molecule has 0 aliphatic rings. The largest absolute Gasteiger partial charge is 0.375 e. The fourth-order valence-corrected chi connectivity index (χ4v) is 2.59. The van der Waals surface area contributed by atoms with E-state index in [1.54, 1.807) is 6.92 Å². The highest BCUT2D eigenvalue weighted by atomic mass is 16.2. The molecule has 0 bridgehead atoms. The quantitative estimate of drug-likeness (QED) is 0.734. The summed E-state index contributed by atoms with van der Waals surface area (Å²) in [4.78, 5) is 14.6. The number of hydrogen-bond donors (Lipinski definition) is 2. The molecule has 0 fully saturated rings. The van der Waals surface area contributed by atoms with Crippen molar-refractivity contribution in [2.75, 3.05) is 25.0 Å². The minimum absolute atomic E-state index is 0.134. The first-order valence-corrected chi connectivity index (χ1v) is 8.40. The van der Waals surface area contributed by atoms with E-state index >= 15 is 0 Å². The second-order valence-corrected chi connectivity index (χ2v) is 6.29. The number of nitrogens with zero attached hydrogens (tertiary/aromatic N) is 1. The molecule has 0 saturated heterocycles. The van der Waals surface area contributed by atoms with Crippen LogP contribution in [0.3, 0.4) is 0 Å². The SMILES string of the molecule is CN(CCCCNC(=O)C(C)(N)c1ccccc1)c1ccccc1. The topological polar surface area (TPSA) is 58.4 Å². The maximum Gasteiger partial charge on any atom is 0.244 e. The minimum Gasteiger partial charge on any atom is -0.375 e. The van der Waals surface area contributed by atoms with E-state index in [-0.39, 0.29) is 5.91 Å². The highest BCUT2D eigenvalue weighted by Gasteiger charge is 2.29. The van der Waals surface area contributed by atoms with Crippen LogP contribution in [0.5, 0.6) is 0 Å². The molecule has 1 amide bonds. The zero-order valence-corrected chi connectivity index (χ0v) is 14.5. The number of hydrogen-bond acceptors (Lipinski definition) is 3. The third-order valence-electron chi connectivity index (χ3n) is 4.25. The predicted octanol–water partition coefficient (Wildman–Crippen LogP) is 2.89. The number of amides is 1. The van der Waals surface area contributed by atoms with E-state index in [1.807, 2.05) is 48.5 Å². The summed E-state index contributed by atoms with van der Waals surface area (Å²) in [6, 6.07) is 19.8. The third-order valence-corrected chi connectivity index (χ3v) is 4.25. The molecule has 24 heavy (non-hydrogen) atoms. The van der Waals surface area contributed by atoms with E-state index in [1.165, 1.54) is 5.69 Å². The summed E-state index contributed by atoms with van der Waals surface area (Å²) >= 11 is 0. The van der Waals surface area contributed by atoms with Crippen molar-refractivity contribution >= 4 is 11.6 Å². The number of unbranched alkanes of at least 4 members (excludes halogenated alkanes) is 1. The predicted molar refractivity (Wildman–Crippen MR) is 99.9 cm³/mol. The van der Waals surface area contributed by atoms with Crippen molar-refractivity contribution in [2.24, 2.45) is 5.73 Å². The summed E-state index contributed by atoms with van der Waals surface area (Å²) in [7, 11) is 2.08. The zero-order chi connectivity index (χ0) is 17.4. The summed E-state index contributed by atoms with van der Waals surface area (Å²) in [6.45, 7) is 3.35. The number of rotatable bonds is 8. The van der Waals surface area contributed by atoms with Gasteiger partial charge in [0.1, 0.15) is 5.54 Å². The van der Waals surface area contributed by atoms with Crippen molar-refractivity contribution in [1.29, 1.82) is 0 Å². The van der Waals surface area contributed by atoms with E-state index in [0.717, 1.165) is 24.9 Å². The first-order chi connectivity index (χ1) is 11.5. The molecule has 1 unspecified atom stereocenters. The second-order valence-electron chi connectivity index (χ2n) is 6.29. The van der Waals surface area contributed by atoms with Gasteiger partial charge < -0.3 is 16.0 Å². The maximum absolute atomic E-state index is 12.3. The Bertz CT molecular complexity index is 626. The minimum atomic E-state index is -0.998.